The van der Waals surface area contributed by atoms with E-state index in [0.29, 0.717) is 0 Å². The summed E-state index contributed by atoms with van der Waals surface area (Å²) in [4.78, 5) is 11.6. The molecule has 0 rings (SSSR count). The number of likely N-dealkylation sites (N-methyl/N-ethyl adjacent to an activating group) is 1. The molecule has 0 aromatic carbocycles. The van der Waals surface area contributed by atoms with Gasteiger partial charge in [-0.2, -0.15) is 0 Å². The maximum atomic E-state index is 11.6. The standard InChI is InChI=1S/C11H23NO3/c1-5-12-11(2,10(13)15-4)8-6-7-9-14-3/h12H,5-9H2,1-4H3. The molecule has 0 aliphatic rings. The summed E-state index contributed by atoms with van der Waals surface area (Å²) in [5.41, 5.74) is -0.558. The molecule has 0 aromatic heterocycles. The SMILES string of the molecule is CCNC(C)(CCCCOC)C(=O)OC. The quantitative estimate of drug-likeness (QED) is 0.492. The highest BCUT2D eigenvalue weighted by Gasteiger charge is 2.32. The fraction of sp³-hybridized carbons (Fsp3) is 0.909. The van der Waals surface area contributed by atoms with Crippen LogP contribution >= 0.6 is 0 Å². The number of nitrogens with one attached hydrogen (secondary N) is 1. The Morgan fingerprint density at radius 1 is 1.33 bits per heavy atom. The van der Waals surface area contributed by atoms with Gasteiger partial charge in [0.2, 0.25) is 0 Å². The summed E-state index contributed by atoms with van der Waals surface area (Å²) < 4.78 is 9.76. The minimum Gasteiger partial charge on any atom is -0.468 e. The third-order valence-corrected chi connectivity index (χ3v) is 2.48. The third-order valence-electron chi connectivity index (χ3n) is 2.48. The molecule has 1 atom stereocenters. The lowest BCUT2D eigenvalue weighted by Gasteiger charge is -2.27. The van der Waals surface area contributed by atoms with Gasteiger partial charge in [0.25, 0.3) is 0 Å². The zero-order valence-electron chi connectivity index (χ0n) is 10.3. The fourth-order valence-electron chi connectivity index (χ4n) is 1.60. The van der Waals surface area contributed by atoms with Crippen LogP contribution < -0.4 is 5.32 Å². The molecule has 1 unspecified atom stereocenters. The van der Waals surface area contributed by atoms with Gasteiger partial charge in [-0.3, -0.25) is 4.79 Å². The van der Waals surface area contributed by atoms with Gasteiger partial charge >= 0.3 is 5.97 Å². The zero-order valence-corrected chi connectivity index (χ0v) is 10.3. The predicted octanol–water partition coefficient (Wildman–Crippen LogP) is 1.34. The second kappa shape index (κ2) is 7.65. The molecule has 0 spiro atoms. The van der Waals surface area contributed by atoms with Gasteiger partial charge in [-0.25, -0.2) is 0 Å². The smallest absolute Gasteiger partial charge is 0.325 e. The lowest BCUT2D eigenvalue weighted by Crippen LogP contribution is -2.50. The number of esters is 1. The Morgan fingerprint density at radius 3 is 2.47 bits per heavy atom. The van der Waals surface area contributed by atoms with Crippen LogP contribution in [-0.4, -0.2) is 38.9 Å². The van der Waals surface area contributed by atoms with E-state index in [1.165, 1.54) is 7.11 Å². The van der Waals surface area contributed by atoms with Gasteiger partial charge in [-0.15, -0.1) is 0 Å². The maximum absolute atomic E-state index is 11.6. The maximum Gasteiger partial charge on any atom is 0.325 e. The van der Waals surface area contributed by atoms with Crippen LogP contribution in [0.2, 0.25) is 0 Å². The molecule has 0 aromatic rings. The number of methoxy groups -OCH3 is 2. The lowest BCUT2D eigenvalue weighted by atomic mass is 9.95. The highest BCUT2D eigenvalue weighted by atomic mass is 16.5. The predicted molar refractivity (Wildman–Crippen MR) is 59.8 cm³/mol. The number of ether oxygens (including phenoxy) is 2. The molecule has 0 fully saturated rings. The topological polar surface area (TPSA) is 47.6 Å². The van der Waals surface area contributed by atoms with Crippen molar-refractivity contribution in [3.8, 4) is 0 Å². The van der Waals surface area contributed by atoms with Crippen LogP contribution in [0.15, 0.2) is 0 Å². The second-order valence-corrected chi connectivity index (χ2v) is 3.80. The first-order valence-electron chi connectivity index (χ1n) is 5.43. The molecule has 15 heavy (non-hydrogen) atoms. The summed E-state index contributed by atoms with van der Waals surface area (Å²) >= 11 is 0. The van der Waals surface area contributed by atoms with Crippen LogP contribution in [0.5, 0.6) is 0 Å². The van der Waals surface area contributed by atoms with Crippen molar-refractivity contribution in [3.63, 3.8) is 0 Å². The first kappa shape index (κ1) is 14.4. The van der Waals surface area contributed by atoms with Crippen LogP contribution in [0.25, 0.3) is 0 Å². The van der Waals surface area contributed by atoms with E-state index in [1.54, 1.807) is 7.11 Å². The minimum absolute atomic E-state index is 0.193. The lowest BCUT2D eigenvalue weighted by molar-refractivity contribution is -0.148. The Hall–Kier alpha value is -0.610. The summed E-state index contributed by atoms with van der Waals surface area (Å²) in [5.74, 6) is -0.193. The van der Waals surface area contributed by atoms with Gasteiger partial charge in [0.15, 0.2) is 0 Å². The Bertz CT molecular complexity index is 185. The van der Waals surface area contributed by atoms with Gasteiger partial charge in [0, 0.05) is 13.7 Å². The second-order valence-electron chi connectivity index (χ2n) is 3.80. The largest absolute Gasteiger partial charge is 0.468 e. The number of hydrogen-bond donors (Lipinski definition) is 1. The highest BCUT2D eigenvalue weighted by Crippen LogP contribution is 2.15. The summed E-state index contributed by atoms with van der Waals surface area (Å²) in [6.45, 7) is 5.37. The summed E-state index contributed by atoms with van der Waals surface area (Å²) in [7, 11) is 3.11. The van der Waals surface area contributed by atoms with E-state index >= 15 is 0 Å². The minimum atomic E-state index is -0.558. The highest BCUT2D eigenvalue weighted by molar-refractivity contribution is 5.80. The summed E-state index contributed by atoms with van der Waals surface area (Å²) in [5, 5.41) is 3.17. The van der Waals surface area contributed by atoms with E-state index in [9.17, 15) is 4.79 Å². The van der Waals surface area contributed by atoms with E-state index in [1.807, 2.05) is 13.8 Å². The van der Waals surface area contributed by atoms with Crippen LogP contribution in [0.1, 0.15) is 33.1 Å². The van der Waals surface area contributed by atoms with Crippen molar-refractivity contribution in [2.24, 2.45) is 0 Å². The molecular weight excluding hydrogens is 194 g/mol. The molecule has 1 N–H and O–H groups in total. The van der Waals surface area contributed by atoms with Crippen molar-refractivity contribution in [3.05, 3.63) is 0 Å². The van der Waals surface area contributed by atoms with Crippen LogP contribution in [0, 0.1) is 0 Å². The first-order valence-corrected chi connectivity index (χ1v) is 5.43. The molecule has 0 saturated carbocycles. The van der Waals surface area contributed by atoms with Crippen molar-refractivity contribution in [2.75, 3.05) is 27.4 Å². The van der Waals surface area contributed by atoms with Gasteiger partial charge in [0.05, 0.1) is 7.11 Å². The van der Waals surface area contributed by atoms with Crippen molar-refractivity contribution < 1.29 is 14.3 Å². The van der Waals surface area contributed by atoms with Gasteiger partial charge in [-0.05, 0) is 32.7 Å². The van der Waals surface area contributed by atoms with Crippen molar-refractivity contribution in [1.29, 1.82) is 0 Å². The number of hydrogen-bond acceptors (Lipinski definition) is 4. The molecule has 0 bridgehead atoms. The van der Waals surface area contributed by atoms with E-state index in [0.717, 1.165) is 32.4 Å². The van der Waals surface area contributed by atoms with E-state index in [-0.39, 0.29) is 5.97 Å². The molecule has 0 saturated heterocycles. The zero-order chi connectivity index (χ0) is 11.7. The van der Waals surface area contributed by atoms with Crippen LogP contribution in [0.3, 0.4) is 0 Å². The number of unbranched alkanes of at least 4 members (excludes halogenated alkanes) is 1. The molecule has 0 amide bonds. The molecule has 0 radical (unpaired) electrons. The molecule has 90 valence electrons. The number of carbonyl (C=O) groups excluding carboxylic acids is 1. The van der Waals surface area contributed by atoms with E-state index in [2.05, 4.69) is 5.32 Å². The third kappa shape index (κ3) is 5.14. The molecule has 0 aliphatic carbocycles. The van der Waals surface area contributed by atoms with E-state index < -0.39 is 5.54 Å². The summed E-state index contributed by atoms with van der Waals surface area (Å²) in [6, 6.07) is 0. The molecule has 0 heterocycles. The van der Waals surface area contributed by atoms with Crippen LogP contribution in [0.4, 0.5) is 0 Å². The normalized spacial score (nSPS) is 14.7. The van der Waals surface area contributed by atoms with Crippen LogP contribution in [-0.2, 0) is 14.3 Å². The Kier molecular flexibility index (Phi) is 7.34. The van der Waals surface area contributed by atoms with Gasteiger partial charge < -0.3 is 14.8 Å². The van der Waals surface area contributed by atoms with Crippen molar-refractivity contribution in [1.82, 2.24) is 5.32 Å². The number of carbonyl (C=O) groups is 1. The Morgan fingerprint density at radius 2 is 2.00 bits per heavy atom. The summed E-state index contributed by atoms with van der Waals surface area (Å²) in [6.07, 6.45) is 2.69. The van der Waals surface area contributed by atoms with Crippen molar-refractivity contribution >= 4 is 5.97 Å². The Balaban J connectivity index is 4.07. The molecule has 0 aliphatic heterocycles. The number of rotatable bonds is 8. The fourth-order valence-corrected chi connectivity index (χ4v) is 1.60. The van der Waals surface area contributed by atoms with E-state index in [4.69, 9.17) is 9.47 Å². The Labute approximate surface area is 92.3 Å². The molecular formula is C11H23NO3. The van der Waals surface area contributed by atoms with Gasteiger partial charge in [0.1, 0.15) is 5.54 Å². The first-order chi connectivity index (χ1) is 7.10. The average molecular weight is 217 g/mol. The molecule has 4 heteroatoms. The average Bonchev–Trinajstić information content (AvgIpc) is 2.23. The van der Waals surface area contributed by atoms with Crippen molar-refractivity contribution in [2.45, 2.75) is 38.6 Å². The van der Waals surface area contributed by atoms with Gasteiger partial charge in [-0.1, -0.05) is 6.92 Å². The molecule has 4 nitrogen and oxygen atoms in total. The monoisotopic (exact) mass is 217 g/mol.